The number of hydrogen-bond donors (Lipinski definition) is 7. The fourth-order valence-electron chi connectivity index (χ4n) is 6.08. The summed E-state index contributed by atoms with van der Waals surface area (Å²) in [5.41, 5.74) is 0. The van der Waals surface area contributed by atoms with Gasteiger partial charge in [0.2, 0.25) is 5.91 Å². The Morgan fingerprint density at radius 2 is 1.25 bits per heavy atom. The van der Waals surface area contributed by atoms with Gasteiger partial charge in [-0.25, -0.2) is 4.18 Å². The lowest BCUT2D eigenvalue weighted by Crippen LogP contribution is -2.61. The molecule has 7 N–H and O–H groups in total. The van der Waals surface area contributed by atoms with Crippen LogP contribution in [0, 0.1) is 0 Å². The molecule has 0 aromatic heterocycles. The normalized spacial score (nSPS) is 22.7. The van der Waals surface area contributed by atoms with Crippen molar-refractivity contribution >= 4 is 16.3 Å². The Morgan fingerprint density at radius 1 is 0.727 bits per heavy atom. The van der Waals surface area contributed by atoms with Crippen LogP contribution in [0.3, 0.4) is 0 Å². The molecule has 0 bridgehead atoms. The van der Waals surface area contributed by atoms with E-state index in [1.54, 1.807) is 6.08 Å². The molecule has 1 heterocycles. The highest BCUT2D eigenvalue weighted by molar-refractivity contribution is 7.80. The minimum Gasteiger partial charge on any atom is -0.394 e. The molecule has 0 spiro atoms. The van der Waals surface area contributed by atoms with Gasteiger partial charge in [-0.15, -0.1) is 0 Å². The van der Waals surface area contributed by atoms with Gasteiger partial charge in [0, 0.05) is 0 Å². The van der Waals surface area contributed by atoms with Crippen LogP contribution in [0.25, 0.3) is 0 Å². The number of amides is 1. The number of carbonyl (C=O) groups excluding carboxylic acids is 1. The molecule has 0 saturated carbocycles. The van der Waals surface area contributed by atoms with Crippen LogP contribution in [-0.4, -0.2) is 107 Å². The van der Waals surface area contributed by atoms with E-state index in [1.165, 1.54) is 51.0 Å². The zero-order valence-corrected chi connectivity index (χ0v) is 34.2. The van der Waals surface area contributed by atoms with Crippen LogP contribution in [0.2, 0.25) is 0 Å². The average molecular weight is 804 g/mol. The van der Waals surface area contributed by atoms with Gasteiger partial charge in [-0.3, -0.25) is 9.35 Å². The molecule has 320 valence electrons. The molecular formula is C41H73NO12S. The molecule has 0 radical (unpaired) electrons. The van der Waals surface area contributed by atoms with E-state index >= 15 is 0 Å². The molecule has 0 aromatic carbocycles. The molecule has 13 nitrogen and oxygen atoms in total. The van der Waals surface area contributed by atoms with Crippen molar-refractivity contribution < 1.29 is 57.0 Å². The minimum absolute atomic E-state index is 0.218. The molecule has 1 saturated heterocycles. The van der Waals surface area contributed by atoms with E-state index in [-0.39, 0.29) is 6.42 Å². The van der Waals surface area contributed by atoms with Crippen molar-refractivity contribution in [3.8, 4) is 0 Å². The van der Waals surface area contributed by atoms with E-state index in [4.69, 9.17) is 14.0 Å². The SMILES string of the molecule is CCC/C=C/CC/C=C/CC/C=C/C(O)C(COC1OC(CO)C(O)C(OS(=O)(=O)O)C1O)NC(=O)C(O)CCCCCC/C=C\CCCCCCCCC. The van der Waals surface area contributed by atoms with E-state index in [9.17, 15) is 38.7 Å². The Bertz CT molecular complexity index is 1190. The van der Waals surface area contributed by atoms with E-state index in [0.29, 0.717) is 12.8 Å². The summed E-state index contributed by atoms with van der Waals surface area (Å²) in [7, 11) is -5.12. The van der Waals surface area contributed by atoms with Crippen molar-refractivity contribution in [2.45, 2.75) is 191 Å². The van der Waals surface area contributed by atoms with Crippen molar-refractivity contribution in [3.05, 3.63) is 48.6 Å². The van der Waals surface area contributed by atoms with Gasteiger partial charge in [-0.2, -0.15) is 8.42 Å². The van der Waals surface area contributed by atoms with Crippen LogP contribution in [0.15, 0.2) is 48.6 Å². The number of aliphatic hydroxyl groups is 5. The number of aliphatic hydroxyl groups excluding tert-OH is 5. The van der Waals surface area contributed by atoms with Crippen molar-refractivity contribution in [2.24, 2.45) is 0 Å². The number of ether oxygens (including phenoxy) is 2. The molecule has 1 rings (SSSR count). The van der Waals surface area contributed by atoms with Crippen molar-refractivity contribution in [3.63, 3.8) is 0 Å². The Hall–Kier alpha value is -1.98. The molecule has 0 aliphatic carbocycles. The van der Waals surface area contributed by atoms with Gasteiger partial charge in [0.25, 0.3) is 0 Å². The molecule has 1 amide bonds. The van der Waals surface area contributed by atoms with Gasteiger partial charge in [0.15, 0.2) is 6.29 Å². The second kappa shape index (κ2) is 32.0. The van der Waals surface area contributed by atoms with Crippen LogP contribution in [0.5, 0.6) is 0 Å². The van der Waals surface area contributed by atoms with E-state index in [0.717, 1.165) is 64.2 Å². The van der Waals surface area contributed by atoms with Crippen LogP contribution >= 0.6 is 0 Å². The second-order valence-electron chi connectivity index (χ2n) is 14.3. The molecule has 1 fully saturated rings. The third-order valence-corrected chi connectivity index (χ3v) is 9.86. The van der Waals surface area contributed by atoms with Gasteiger partial charge in [0.05, 0.1) is 25.4 Å². The summed E-state index contributed by atoms with van der Waals surface area (Å²) in [6, 6.07) is -1.15. The maximum Gasteiger partial charge on any atom is 0.397 e. The van der Waals surface area contributed by atoms with E-state index in [2.05, 4.69) is 59.8 Å². The van der Waals surface area contributed by atoms with Gasteiger partial charge in [0.1, 0.15) is 30.5 Å². The standard InChI is InChI=1S/C41H73NO12S/c1-3-5-7-9-11-13-15-16-17-18-20-22-24-26-28-30-35(45)40(48)42-33(34(44)29-27-25-23-21-19-14-12-10-8-6-4-2)32-52-41-38(47)39(54-55(49,50)51)37(46)36(31-43)53-41/h8,10,17-19,21,27,29,33-39,41,43-47H,3-7,9,11-16,20,22-26,28,30-32H2,1-2H3,(H,42,48)(H,49,50,51)/b10-8+,18-17-,21-19+,29-27+. The molecule has 8 atom stereocenters. The predicted octanol–water partition coefficient (Wildman–Crippen LogP) is 5.90. The smallest absolute Gasteiger partial charge is 0.394 e. The van der Waals surface area contributed by atoms with Crippen molar-refractivity contribution in [1.82, 2.24) is 5.32 Å². The Kier molecular flexibility index (Phi) is 29.7. The topological polar surface area (TPSA) is 212 Å². The van der Waals surface area contributed by atoms with E-state index in [1.807, 2.05) is 0 Å². The predicted molar refractivity (Wildman–Crippen MR) is 214 cm³/mol. The first kappa shape index (κ1) is 51.0. The lowest BCUT2D eigenvalue weighted by Gasteiger charge is -2.41. The molecule has 8 unspecified atom stereocenters. The summed E-state index contributed by atoms with van der Waals surface area (Å²) in [5, 5.41) is 54.9. The number of nitrogens with one attached hydrogen (secondary N) is 1. The Morgan fingerprint density at radius 3 is 1.82 bits per heavy atom. The van der Waals surface area contributed by atoms with Crippen LogP contribution in [-0.2, 0) is 28.9 Å². The molecule has 14 heteroatoms. The van der Waals surface area contributed by atoms with Gasteiger partial charge >= 0.3 is 10.4 Å². The third-order valence-electron chi connectivity index (χ3n) is 9.40. The molecule has 55 heavy (non-hydrogen) atoms. The lowest BCUT2D eigenvalue weighted by molar-refractivity contribution is -0.298. The first-order valence-corrected chi connectivity index (χ1v) is 22.0. The molecular weight excluding hydrogens is 731 g/mol. The molecule has 1 aliphatic heterocycles. The summed E-state index contributed by atoms with van der Waals surface area (Å²) < 4.78 is 47.3. The first-order chi connectivity index (χ1) is 26.4. The summed E-state index contributed by atoms with van der Waals surface area (Å²) in [5.74, 6) is -0.730. The first-order valence-electron chi connectivity index (χ1n) is 20.6. The summed E-state index contributed by atoms with van der Waals surface area (Å²) >= 11 is 0. The zero-order valence-electron chi connectivity index (χ0n) is 33.3. The molecule has 0 aromatic rings. The van der Waals surface area contributed by atoms with Gasteiger partial charge in [-0.05, 0) is 64.2 Å². The zero-order chi connectivity index (χ0) is 40.7. The molecule has 1 aliphatic rings. The maximum absolute atomic E-state index is 13.0. The highest BCUT2D eigenvalue weighted by atomic mass is 32.3. The Balaban J connectivity index is 2.68. The highest BCUT2D eigenvalue weighted by Gasteiger charge is 2.48. The number of rotatable bonds is 33. The van der Waals surface area contributed by atoms with Gasteiger partial charge in [-0.1, -0.05) is 127 Å². The summed E-state index contributed by atoms with van der Waals surface area (Å²) in [6.07, 6.45) is 25.0. The van der Waals surface area contributed by atoms with Crippen molar-refractivity contribution in [1.29, 1.82) is 0 Å². The summed E-state index contributed by atoms with van der Waals surface area (Å²) in [4.78, 5) is 13.0. The number of unbranched alkanes of at least 4 members (excludes halogenated alkanes) is 14. The third kappa shape index (κ3) is 25.1. The quantitative estimate of drug-likeness (QED) is 0.0235. The average Bonchev–Trinajstić information content (AvgIpc) is 3.15. The Labute approximate surface area is 330 Å². The minimum atomic E-state index is -5.12. The maximum atomic E-state index is 13.0. The largest absolute Gasteiger partial charge is 0.397 e. The van der Waals surface area contributed by atoms with Crippen molar-refractivity contribution in [2.75, 3.05) is 13.2 Å². The van der Waals surface area contributed by atoms with Crippen LogP contribution < -0.4 is 5.32 Å². The fraction of sp³-hybridized carbons (Fsp3) is 0.780. The summed E-state index contributed by atoms with van der Waals surface area (Å²) in [6.45, 7) is 3.07. The lowest BCUT2D eigenvalue weighted by atomic mass is 9.99. The monoisotopic (exact) mass is 803 g/mol. The number of hydrogen-bond acceptors (Lipinski definition) is 11. The van der Waals surface area contributed by atoms with Crippen LogP contribution in [0.1, 0.15) is 142 Å². The van der Waals surface area contributed by atoms with Gasteiger partial charge < -0.3 is 40.3 Å². The second-order valence-corrected chi connectivity index (χ2v) is 15.4. The number of allylic oxidation sites excluding steroid dienone is 7. The van der Waals surface area contributed by atoms with Crippen LogP contribution in [0.4, 0.5) is 0 Å². The fourth-order valence-corrected chi connectivity index (χ4v) is 6.59. The van der Waals surface area contributed by atoms with E-state index < -0.39 is 78.5 Å². The highest BCUT2D eigenvalue weighted by Crippen LogP contribution is 2.26. The number of carbonyl (C=O) groups is 1.